The molecule has 1 aliphatic heterocycles. The van der Waals surface area contributed by atoms with Crippen molar-refractivity contribution < 1.29 is 4.79 Å². The third kappa shape index (κ3) is 3.66. The molecule has 9 heteroatoms. The highest BCUT2D eigenvalue weighted by Crippen LogP contribution is 2.16. The van der Waals surface area contributed by atoms with Crippen LogP contribution in [0.3, 0.4) is 0 Å². The number of aromatic nitrogens is 7. The van der Waals surface area contributed by atoms with Crippen LogP contribution < -0.4 is 0 Å². The molecule has 4 aromatic rings. The van der Waals surface area contributed by atoms with Crippen LogP contribution in [0.15, 0.2) is 61.7 Å². The van der Waals surface area contributed by atoms with E-state index in [1.54, 1.807) is 17.2 Å². The Bertz CT molecular complexity index is 1130. The molecule has 9 nitrogen and oxygen atoms in total. The van der Waals surface area contributed by atoms with E-state index in [0.29, 0.717) is 31.7 Å². The highest BCUT2D eigenvalue weighted by molar-refractivity contribution is 5.94. The minimum atomic E-state index is 0.0405. The molecule has 0 spiro atoms. The molecule has 0 atom stereocenters. The maximum atomic E-state index is 13.0. The summed E-state index contributed by atoms with van der Waals surface area (Å²) in [7, 11) is 0. The number of carbonyl (C=O) groups excluding carboxylic acids is 1. The molecule has 29 heavy (non-hydrogen) atoms. The van der Waals surface area contributed by atoms with Gasteiger partial charge < -0.3 is 14.0 Å². The lowest BCUT2D eigenvalue weighted by atomic mass is 10.1. The molecule has 1 amide bonds. The average Bonchev–Trinajstić information content (AvgIpc) is 3.50. The molecule has 0 bridgehead atoms. The highest BCUT2D eigenvalue weighted by Gasteiger charge is 2.22. The molecule has 1 aromatic carbocycles. The molecule has 0 unspecified atom stereocenters. The van der Waals surface area contributed by atoms with Crippen molar-refractivity contribution in [3.8, 4) is 0 Å². The molecular weight excluding hydrogens is 368 g/mol. The van der Waals surface area contributed by atoms with Crippen LogP contribution in [0.2, 0.25) is 0 Å². The third-order valence-electron chi connectivity index (χ3n) is 5.06. The van der Waals surface area contributed by atoms with Crippen LogP contribution >= 0.6 is 0 Å². The van der Waals surface area contributed by atoms with Crippen molar-refractivity contribution in [2.45, 2.75) is 26.2 Å². The van der Waals surface area contributed by atoms with E-state index in [1.807, 2.05) is 58.7 Å². The van der Waals surface area contributed by atoms with Gasteiger partial charge in [0, 0.05) is 37.2 Å². The number of nitrogens with zero attached hydrogens (tertiary/aromatic N) is 8. The standard InChI is InChI=1S/C20H20N8O/c29-20(26-6-7-27-15-22-9-19(27)13-26)17-3-1-2-16(8-17)10-28-12-18(23-24-28)11-25-5-4-21-14-25/h1-5,8-9,12,14-15H,6-7,10-11,13H2. The van der Waals surface area contributed by atoms with Gasteiger partial charge in [-0.3, -0.25) is 4.79 Å². The van der Waals surface area contributed by atoms with Crippen LogP contribution in [-0.4, -0.2) is 51.4 Å². The zero-order valence-electron chi connectivity index (χ0n) is 15.8. The summed E-state index contributed by atoms with van der Waals surface area (Å²) in [6.07, 6.45) is 10.9. The van der Waals surface area contributed by atoms with Crippen molar-refractivity contribution in [2.75, 3.05) is 6.54 Å². The van der Waals surface area contributed by atoms with Crippen molar-refractivity contribution in [2.24, 2.45) is 0 Å². The first-order chi connectivity index (χ1) is 14.2. The highest BCUT2D eigenvalue weighted by atomic mass is 16.2. The smallest absolute Gasteiger partial charge is 0.254 e. The number of imidazole rings is 2. The maximum Gasteiger partial charge on any atom is 0.254 e. The number of hydrogen-bond donors (Lipinski definition) is 0. The van der Waals surface area contributed by atoms with Gasteiger partial charge in [0.05, 0.1) is 44.2 Å². The Morgan fingerprint density at radius 3 is 2.97 bits per heavy atom. The van der Waals surface area contributed by atoms with Crippen LogP contribution in [-0.2, 0) is 26.2 Å². The Hall–Kier alpha value is -3.75. The second kappa shape index (κ2) is 7.34. The fraction of sp³-hybridized carbons (Fsp3) is 0.250. The molecule has 0 aliphatic carbocycles. The SMILES string of the molecule is O=C(c1cccc(Cn2cc(Cn3ccnc3)nn2)c1)N1CCn2cncc2C1. The lowest BCUT2D eigenvalue weighted by Crippen LogP contribution is -2.37. The maximum absolute atomic E-state index is 13.0. The lowest BCUT2D eigenvalue weighted by Gasteiger charge is -2.28. The van der Waals surface area contributed by atoms with E-state index in [4.69, 9.17) is 0 Å². The summed E-state index contributed by atoms with van der Waals surface area (Å²) in [5.74, 6) is 0.0405. The number of carbonyl (C=O) groups is 1. The van der Waals surface area contributed by atoms with Gasteiger partial charge in [-0.25, -0.2) is 14.6 Å². The molecule has 0 fully saturated rings. The first kappa shape index (κ1) is 17.4. The van der Waals surface area contributed by atoms with Crippen molar-refractivity contribution in [1.29, 1.82) is 0 Å². The molecule has 4 heterocycles. The fourth-order valence-corrected chi connectivity index (χ4v) is 3.59. The summed E-state index contributed by atoms with van der Waals surface area (Å²) in [5, 5.41) is 8.42. The molecule has 1 aliphatic rings. The van der Waals surface area contributed by atoms with Gasteiger partial charge in [-0.1, -0.05) is 17.3 Å². The molecule has 146 valence electrons. The zero-order valence-corrected chi connectivity index (χ0v) is 15.8. The Balaban J connectivity index is 1.28. The van der Waals surface area contributed by atoms with Gasteiger partial charge in [-0.2, -0.15) is 0 Å². The normalized spacial score (nSPS) is 13.4. The number of amides is 1. The van der Waals surface area contributed by atoms with E-state index in [2.05, 4.69) is 24.8 Å². The summed E-state index contributed by atoms with van der Waals surface area (Å²) < 4.78 is 5.82. The van der Waals surface area contributed by atoms with Crippen molar-refractivity contribution in [1.82, 2.24) is 39.0 Å². The minimum absolute atomic E-state index is 0.0405. The van der Waals surface area contributed by atoms with E-state index in [-0.39, 0.29) is 5.91 Å². The van der Waals surface area contributed by atoms with Crippen molar-refractivity contribution >= 4 is 5.91 Å². The van der Waals surface area contributed by atoms with Crippen LogP contribution in [0, 0.1) is 0 Å². The third-order valence-corrected chi connectivity index (χ3v) is 5.06. The molecule has 3 aromatic heterocycles. The zero-order chi connectivity index (χ0) is 19.6. The van der Waals surface area contributed by atoms with Crippen LogP contribution in [0.5, 0.6) is 0 Å². The molecule has 0 saturated carbocycles. The Morgan fingerprint density at radius 2 is 2.07 bits per heavy atom. The lowest BCUT2D eigenvalue weighted by molar-refractivity contribution is 0.0711. The quantitative estimate of drug-likeness (QED) is 0.516. The molecule has 5 rings (SSSR count). The van der Waals surface area contributed by atoms with Gasteiger partial charge in [-0.15, -0.1) is 5.10 Å². The predicted octanol–water partition coefficient (Wildman–Crippen LogP) is 1.42. The molecule has 0 saturated heterocycles. The van der Waals surface area contributed by atoms with E-state index < -0.39 is 0 Å². The van der Waals surface area contributed by atoms with E-state index in [1.165, 1.54) is 0 Å². The van der Waals surface area contributed by atoms with Gasteiger partial charge in [0.1, 0.15) is 5.69 Å². The summed E-state index contributed by atoms with van der Waals surface area (Å²) >= 11 is 0. The fourth-order valence-electron chi connectivity index (χ4n) is 3.59. The predicted molar refractivity (Wildman–Crippen MR) is 104 cm³/mol. The van der Waals surface area contributed by atoms with Crippen LogP contribution in [0.4, 0.5) is 0 Å². The Labute approximate surface area is 167 Å². The number of fused-ring (bicyclic) bond motifs is 1. The minimum Gasteiger partial charge on any atom is -0.331 e. The summed E-state index contributed by atoms with van der Waals surface area (Å²) in [5.41, 5.74) is 3.63. The van der Waals surface area contributed by atoms with Crippen molar-refractivity contribution in [3.05, 3.63) is 84.2 Å². The van der Waals surface area contributed by atoms with E-state index in [0.717, 1.165) is 23.5 Å². The summed E-state index contributed by atoms with van der Waals surface area (Å²) in [4.78, 5) is 23.0. The van der Waals surface area contributed by atoms with Gasteiger partial charge in [0.2, 0.25) is 0 Å². The Morgan fingerprint density at radius 1 is 1.10 bits per heavy atom. The molecule has 0 radical (unpaired) electrons. The first-order valence-electron chi connectivity index (χ1n) is 9.46. The molecular formula is C20H20N8O. The monoisotopic (exact) mass is 388 g/mol. The van der Waals surface area contributed by atoms with Gasteiger partial charge >= 0.3 is 0 Å². The largest absolute Gasteiger partial charge is 0.331 e. The average molecular weight is 388 g/mol. The van der Waals surface area contributed by atoms with Gasteiger partial charge in [0.15, 0.2) is 0 Å². The summed E-state index contributed by atoms with van der Waals surface area (Å²) in [6.45, 7) is 3.24. The van der Waals surface area contributed by atoms with Crippen molar-refractivity contribution in [3.63, 3.8) is 0 Å². The van der Waals surface area contributed by atoms with Crippen LogP contribution in [0.25, 0.3) is 0 Å². The number of benzene rings is 1. The molecule has 0 N–H and O–H groups in total. The summed E-state index contributed by atoms with van der Waals surface area (Å²) in [6, 6.07) is 7.72. The van der Waals surface area contributed by atoms with E-state index >= 15 is 0 Å². The first-order valence-corrected chi connectivity index (χ1v) is 9.46. The topological polar surface area (TPSA) is 86.7 Å². The Kier molecular flexibility index (Phi) is 4.39. The number of hydrogen-bond acceptors (Lipinski definition) is 5. The van der Waals surface area contributed by atoms with E-state index in [9.17, 15) is 4.79 Å². The second-order valence-electron chi connectivity index (χ2n) is 7.15. The number of rotatable bonds is 5. The van der Waals surface area contributed by atoms with Gasteiger partial charge in [0.25, 0.3) is 5.91 Å². The van der Waals surface area contributed by atoms with Gasteiger partial charge in [-0.05, 0) is 17.7 Å². The van der Waals surface area contributed by atoms with Crippen LogP contribution in [0.1, 0.15) is 27.3 Å². The second-order valence-corrected chi connectivity index (χ2v) is 7.15.